The lowest BCUT2D eigenvalue weighted by molar-refractivity contribution is -0.145. The molecule has 1 aromatic rings. The summed E-state index contributed by atoms with van der Waals surface area (Å²) in [6.45, 7) is 2.26. The molecule has 1 fully saturated rings. The molecule has 2 aliphatic carbocycles. The van der Waals surface area contributed by atoms with E-state index in [0.717, 1.165) is 17.5 Å². The van der Waals surface area contributed by atoms with Crippen molar-refractivity contribution in [2.75, 3.05) is 6.61 Å². The van der Waals surface area contributed by atoms with Crippen molar-refractivity contribution in [3.63, 3.8) is 0 Å². The molecule has 2 aliphatic rings. The maximum absolute atomic E-state index is 11.6. The Bertz CT molecular complexity index is 458. The van der Waals surface area contributed by atoms with Crippen molar-refractivity contribution in [3.05, 3.63) is 23.4 Å². The Kier molecular flexibility index (Phi) is 1.93. The number of pyridine rings is 1. The third-order valence-corrected chi connectivity index (χ3v) is 3.55. The second-order valence-electron chi connectivity index (χ2n) is 4.41. The molecule has 84 valence electrons. The molecule has 0 amide bonds. The van der Waals surface area contributed by atoms with Crippen LogP contribution in [0.2, 0.25) is 0 Å². The third-order valence-electron chi connectivity index (χ3n) is 3.55. The van der Waals surface area contributed by atoms with E-state index >= 15 is 0 Å². The summed E-state index contributed by atoms with van der Waals surface area (Å²) in [5.41, 5.74) is 2.24. The highest BCUT2D eigenvalue weighted by Crippen LogP contribution is 2.61. The van der Waals surface area contributed by atoms with Gasteiger partial charge in [-0.25, -0.2) is 4.98 Å². The topological polar surface area (TPSA) is 59.4 Å². The average Bonchev–Trinajstić information content (AvgIpc) is 2.82. The first-order chi connectivity index (χ1) is 7.72. The number of rotatable bonds is 2. The maximum atomic E-state index is 11.6. The van der Waals surface area contributed by atoms with Crippen LogP contribution in [0.15, 0.2) is 12.3 Å². The minimum atomic E-state index is -0.0868. The van der Waals surface area contributed by atoms with E-state index in [0.29, 0.717) is 12.5 Å². The SMILES string of the molecule is CCOC(=O)[C@H]1[C@@H]2Cc3cc(O)ncc3[C@@H]21. The number of aromatic nitrogens is 1. The molecule has 0 unspecified atom stereocenters. The van der Waals surface area contributed by atoms with Crippen LogP contribution in [0.4, 0.5) is 0 Å². The average molecular weight is 219 g/mol. The zero-order valence-electron chi connectivity index (χ0n) is 9.01. The van der Waals surface area contributed by atoms with E-state index in [2.05, 4.69) is 4.98 Å². The van der Waals surface area contributed by atoms with Crippen molar-refractivity contribution >= 4 is 5.97 Å². The van der Waals surface area contributed by atoms with Gasteiger partial charge >= 0.3 is 5.97 Å². The first-order valence-corrected chi connectivity index (χ1v) is 5.56. The smallest absolute Gasteiger partial charge is 0.309 e. The lowest BCUT2D eigenvalue weighted by atomic mass is 10.0. The van der Waals surface area contributed by atoms with E-state index < -0.39 is 0 Å². The van der Waals surface area contributed by atoms with E-state index in [9.17, 15) is 9.90 Å². The summed E-state index contributed by atoms with van der Waals surface area (Å²) in [5.74, 6) is 0.655. The molecule has 1 saturated carbocycles. The normalized spacial score (nSPS) is 29.4. The van der Waals surface area contributed by atoms with Crippen LogP contribution in [0.3, 0.4) is 0 Å². The number of nitrogens with zero attached hydrogens (tertiary/aromatic N) is 1. The number of hydrogen-bond acceptors (Lipinski definition) is 4. The van der Waals surface area contributed by atoms with Crippen molar-refractivity contribution in [3.8, 4) is 5.88 Å². The van der Waals surface area contributed by atoms with Gasteiger partial charge in [-0.3, -0.25) is 4.79 Å². The first kappa shape index (κ1) is 9.63. The third kappa shape index (κ3) is 1.22. The molecule has 4 nitrogen and oxygen atoms in total. The molecule has 1 N–H and O–H groups in total. The van der Waals surface area contributed by atoms with Gasteiger partial charge in [0.15, 0.2) is 0 Å². The second kappa shape index (κ2) is 3.20. The number of fused-ring (bicyclic) bond motifs is 3. The van der Waals surface area contributed by atoms with E-state index in [1.54, 1.807) is 12.3 Å². The summed E-state index contributed by atoms with van der Waals surface area (Å²) in [5, 5.41) is 9.25. The number of esters is 1. The van der Waals surface area contributed by atoms with E-state index in [4.69, 9.17) is 4.74 Å². The molecule has 1 aromatic heterocycles. The van der Waals surface area contributed by atoms with Gasteiger partial charge in [0.1, 0.15) is 0 Å². The predicted molar refractivity (Wildman–Crippen MR) is 56.0 cm³/mol. The fourth-order valence-electron chi connectivity index (χ4n) is 2.84. The highest BCUT2D eigenvalue weighted by Gasteiger charge is 2.60. The minimum Gasteiger partial charge on any atom is -0.493 e. The van der Waals surface area contributed by atoms with Gasteiger partial charge in [0, 0.05) is 18.2 Å². The molecular formula is C12H13NO3. The second-order valence-corrected chi connectivity index (χ2v) is 4.41. The van der Waals surface area contributed by atoms with Gasteiger partial charge in [-0.2, -0.15) is 0 Å². The van der Waals surface area contributed by atoms with Crippen LogP contribution in [-0.2, 0) is 16.0 Å². The molecule has 1 heterocycles. The van der Waals surface area contributed by atoms with Crippen LogP contribution in [0.1, 0.15) is 24.0 Å². The summed E-state index contributed by atoms with van der Waals surface area (Å²) in [6, 6.07) is 1.70. The Labute approximate surface area is 93.3 Å². The summed E-state index contributed by atoms with van der Waals surface area (Å²) in [6.07, 6.45) is 2.55. The summed E-state index contributed by atoms with van der Waals surface area (Å²) < 4.78 is 5.03. The van der Waals surface area contributed by atoms with E-state index in [-0.39, 0.29) is 23.7 Å². The van der Waals surface area contributed by atoms with Crippen LogP contribution in [0, 0.1) is 11.8 Å². The Morgan fingerprint density at radius 1 is 1.69 bits per heavy atom. The number of carbonyl (C=O) groups excluding carboxylic acids is 1. The fraction of sp³-hybridized carbons (Fsp3) is 0.500. The van der Waals surface area contributed by atoms with Gasteiger partial charge in [0.25, 0.3) is 0 Å². The van der Waals surface area contributed by atoms with Crippen LogP contribution in [0.25, 0.3) is 0 Å². The molecule has 0 bridgehead atoms. The molecule has 3 rings (SSSR count). The Morgan fingerprint density at radius 3 is 3.25 bits per heavy atom. The minimum absolute atomic E-state index is 0.0267. The van der Waals surface area contributed by atoms with Crippen LogP contribution >= 0.6 is 0 Å². The van der Waals surface area contributed by atoms with Crippen LogP contribution < -0.4 is 0 Å². The van der Waals surface area contributed by atoms with Crippen molar-refractivity contribution in [2.24, 2.45) is 11.8 Å². The molecule has 0 saturated heterocycles. The summed E-state index contributed by atoms with van der Waals surface area (Å²) >= 11 is 0. The Hall–Kier alpha value is -1.58. The molecule has 3 atom stereocenters. The molecule has 0 radical (unpaired) electrons. The van der Waals surface area contributed by atoms with Crippen LogP contribution in [0.5, 0.6) is 5.88 Å². The highest BCUT2D eigenvalue weighted by molar-refractivity contribution is 5.79. The highest BCUT2D eigenvalue weighted by atomic mass is 16.5. The number of hydrogen-bond donors (Lipinski definition) is 1. The number of aromatic hydroxyl groups is 1. The zero-order valence-corrected chi connectivity index (χ0v) is 9.01. The lowest BCUT2D eigenvalue weighted by Gasteiger charge is -2.06. The van der Waals surface area contributed by atoms with Crippen molar-refractivity contribution in [2.45, 2.75) is 19.3 Å². The van der Waals surface area contributed by atoms with Gasteiger partial charge in [-0.1, -0.05) is 0 Å². The first-order valence-electron chi connectivity index (χ1n) is 5.56. The largest absolute Gasteiger partial charge is 0.493 e. The standard InChI is InChI=1S/C12H13NO3/c1-2-16-12(15)11-7-3-6-4-9(14)13-5-8(6)10(7)11/h4-5,7,10-11H,2-3H2,1H3,(H,13,14)/t7-,10-,11+/m1/s1. The van der Waals surface area contributed by atoms with E-state index in [1.165, 1.54) is 0 Å². The molecular weight excluding hydrogens is 206 g/mol. The molecule has 0 aromatic carbocycles. The number of ether oxygens (including phenoxy) is 1. The van der Waals surface area contributed by atoms with Gasteiger partial charge in [-0.05, 0) is 30.4 Å². The molecule has 4 heteroatoms. The van der Waals surface area contributed by atoms with Gasteiger partial charge in [-0.15, -0.1) is 0 Å². The Balaban J connectivity index is 1.82. The van der Waals surface area contributed by atoms with Gasteiger partial charge in [0.2, 0.25) is 5.88 Å². The van der Waals surface area contributed by atoms with Crippen LogP contribution in [-0.4, -0.2) is 22.7 Å². The van der Waals surface area contributed by atoms with Crippen molar-refractivity contribution < 1.29 is 14.6 Å². The maximum Gasteiger partial charge on any atom is 0.309 e. The molecule has 0 spiro atoms. The molecule has 0 aliphatic heterocycles. The summed E-state index contributed by atoms with van der Waals surface area (Å²) in [7, 11) is 0. The van der Waals surface area contributed by atoms with Crippen molar-refractivity contribution in [1.82, 2.24) is 4.98 Å². The quantitative estimate of drug-likeness (QED) is 0.760. The van der Waals surface area contributed by atoms with E-state index in [1.807, 2.05) is 6.92 Å². The van der Waals surface area contributed by atoms with Gasteiger partial charge < -0.3 is 9.84 Å². The number of carbonyl (C=O) groups is 1. The summed E-state index contributed by atoms with van der Waals surface area (Å²) in [4.78, 5) is 15.5. The van der Waals surface area contributed by atoms with Crippen molar-refractivity contribution in [1.29, 1.82) is 0 Å². The lowest BCUT2D eigenvalue weighted by Crippen LogP contribution is -2.10. The zero-order chi connectivity index (χ0) is 11.3. The monoisotopic (exact) mass is 219 g/mol. The fourth-order valence-corrected chi connectivity index (χ4v) is 2.84. The van der Waals surface area contributed by atoms with Gasteiger partial charge in [0.05, 0.1) is 12.5 Å². The predicted octanol–water partition coefficient (Wildman–Crippen LogP) is 1.24. The molecule has 16 heavy (non-hydrogen) atoms. The Morgan fingerprint density at radius 2 is 2.50 bits per heavy atom.